The first kappa shape index (κ1) is 17.2. The number of rotatable bonds is 5. The molecule has 1 aromatic carbocycles. The number of carbonyl (C=O) groups excluding carboxylic acids is 1. The molecule has 6 nitrogen and oxygen atoms in total. The normalized spacial score (nSPS) is 11.3. The van der Waals surface area contributed by atoms with Crippen molar-refractivity contribution in [2.75, 3.05) is 19.7 Å². The molecular formula is C11H10ClF3N2O4. The molecule has 0 aliphatic heterocycles. The summed E-state index contributed by atoms with van der Waals surface area (Å²) >= 11 is 5.70. The van der Waals surface area contributed by atoms with Crippen LogP contribution < -0.4 is 0 Å². The lowest BCUT2D eigenvalue weighted by molar-refractivity contribution is -0.384. The Bertz CT molecular complexity index is 551. The Kier molecular flexibility index (Phi) is 5.50. The van der Waals surface area contributed by atoms with E-state index in [1.807, 2.05) is 0 Å². The molecule has 1 rings (SSSR count). The summed E-state index contributed by atoms with van der Waals surface area (Å²) in [5.41, 5.74) is -0.901. The number of amides is 1. The average molecular weight is 327 g/mol. The van der Waals surface area contributed by atoms with Gasteiger partial charge in [-0.1, -0.05) is 11.6 Å². The monoisotopic (exact) mass is 326 g/mol. The van der Waals surface area contributed by atoms with Gasteiger partial charge in [-0.2, -0.15) is 13.2 Å². The van der Waals surface area contributed by atoms with Gasteiger partial charge in [0.15, 0.2) is 0 Å². The first-order valence-corrected chi connectivity index (χ1v) is 5.94. The first-order valence-electron chi connectivity index (χ1n) is 5.56. The molecule has 0 atom stereocenters. The van der Waals surface area contributed by atoms with Gasteiger partial charge < -0.3 is 10.0 Å². The Morgan fingerprint density at radius 3 is 2.52 bits per heavy atom. The zero-order valence-electron chi connectivity index (χ0n) is 10.4. The maximum atomic E-state index is 12.4. The van der Waals surface area contributed by atoms with E-state index in [4.69, 9.17) is 16.7 Å². The molecule has 0 saturated carbocycles. The molecule has 0 heterocycles. The number of hydrogen-bond donors (Lipinski definition) is 1. The lowest BCUT2D eigenvalue weighted by Crippen LogP contribution is -2.40. The molecule has 1 amide bonds. The summed E-state index contributed by atoms with van der Waals surface area (Å²) in [5.74, 6) is -1.14. The van der Waals surface area contributed by atoms with Crippen molar-refractivity contribution in [1.82, 2.24) is 4.90 Å². The van der Waals surface area contributed by atoms with Gasteiger partial charge in [0.1, 0.15) is 6.54 Å². The molecule has 10 heteroatoms. The van der Waals surface area contributed by atoms with Crippen LogP contribution in [0.3, 0.4) is 0 Å². The van der Waals surface area contributed by atoms with Crippen LogP contribution in [0.1, 0.15) is 10.4 Å². The molecule has 0 spiro atoms. The number of carbonyl (C=O) groups is 1. The van der Waals surface area contributed by atoms with E-state index >= 15 is 0 Å². The summed E-state index contributed by atoms with van der Waals surface area (Å²) in [7, 11) is 0. The maximum Gasteiger partial charge on any atom is 0.406 e. The molecule has 1 N–H and O–H groups in total. The summed E-state index contributed by atoms with van der Waals surface area (Å²) in [5, 5.41) is 19.2. The van der Waals surface area contributed by atoms with Crippen LogP contribution in [0.15, 0.2) is 18.2 Å². The predicted molar refractivity (Wildman–Crippen MR) is 67.2 cm³/mol. The predicted octanol–water partition coefficient (Wildman–Crippen LogP) is 2.25. The smallest absolute Gasteiger partial charge is 0.395 e. The van der Waals surface area contributed by atoms with Crippen molar-refractivity contribution in [2.24, 2.45) is 0 Å². The number of aliphatic hydroxyl groups excluding tert-OH is 1. The van der Waals surface area contributed by atoms with E-state index in [0.29, 0.717) is 4.90 Å². The standard InChI is InChI=1S/C11H10ClF3N2O4/c12-9-2-1-7(17(20)21)5-8(9)10(19)16(3-4-18)6-11(13,14)15/h1-2,5,18H,3-4,6H2. The Hall–Kier alpha value is -1.87. The molecule has 21 heavy (non-hydrogen) atoms. The highest BCUT2D eigenvalue weighted by molar-refractivity contribution is 6.33. The van der Waals surface area contributed by atoms with Crippen LogP contribution in [-0.2, 0) is 0 Å². The molecule has 116 valence electrons. The second-order valence-corrected chi connectivity index (χ2v) is 4.39. The minimum atomic E-state index is -4.67. The van der Waals surface area contributed by atoms with Crippen LogP contribution in [0, 0.1) is 10.1 Å². The van der Waals surface area contributed by atoms with Gasteiger partial charge in [0.25, 0.3) is 11.6 Å². The lowest BCUT2D eigenvalue weighted by Gasteiger charge is -2.23. The van der Waals surface area contributed by atoms with Gasteiger partial charge in [-0.3, -0.25) is 14.9 Å². The van der Waals surface area contributed by atoms with Crippen molar-refractivity contribution in [1.29, 1.82) is 0 Å². The van der Waals surface area contributed by atoms with Crippen molar-refractivity contribution in [3.8, 4) is 0 Å². The highest BCUT2D eigenvalue weighted by Crippen LogP contribution is 2.25. The summed E-state index contributed by atoms with van der Waals surface area (Å²) < 4.78 is 37.2. The number of hydrogen-bond acceptors (Lipinski definition) is 4. The highest BCUT2D eigenvalue weighted by Gasteiger charge is 2.34. The van der Waals surface area contributed by atoms with E-state index in [-0.39, 0.29) is 5.02 Å². The zero-order valence-corrected chi connectivity index (χ0v) is 11.2. The summed E-state index contributed by atoms with van der Waals surface area (Å²) in [6.07, 6.45) is -4.67. The van der Waals surface area contributed by atoms with E-state index in [0.717, 1.165) is 18.2 Å². The van der Waals surface area contributed by atoms with Crippen LogP contribution in [0.5, 0.6) is 0 Å². The molecule has 0 bridgehead atoms. The molecule has 0 saturated heterocycles. The number of halogens is 4. The number of benzene rings is 1. The Balaban J connectivity index is 3.13. The van der Waals surface area contributed by atoms with E-state index in [1.165, 1.54) is 0 Å². The van der Waals surface area contributed by atoms with E-state index < -0.39 is 48.0 Å². The van der Waals surface area contributed by atoms with Crippen LogP contribution in [0.2, 0.25) is 5.02 Å². The van der Waals surface area contributed by atoms with Crippen molar-refractivity contribution in [3.63, 3.8) is 0 Å². The molecule has 0 aliphatic carbocycles. The Morgan fingerprint density at radius 2 is 2.05 bits per heavy atom. The summed E-state index contributed by atoms with van der Waals surface area (Å²) in [4.78, 5) is 22.2. The van der Waals surface area contributed by atoms with Gasteiger partial charge in [-0.25, -0.2) is 0 Å². The quantitative estimate of drug-likeness (QED) is 0.664. The van der Waals surface area contributed by atoms with E-state index in [9.17, 15) is 28.1 Å². The first-order chi connectivity index (χ1) is 9.65. The minimum Gasteiger partial charge on any atom is -0.395 e. The third-order valence-electron chi connectivity index (χ3n) is 2.42. The fourth-order valence-electron chi connectivity index (χ4n) is 1.55. The summed E-state index contributed by atoms with van der Waals surface area (Å²) in [6, 6.07) is 2.88. The van der Waals surface area contributed by atoms with Crippen molar-refractivity contribution in [2.45, 2.75) is 6.18 Å². The van der Waals surface area contributed by atoms with Crippen molar-refractivity contribution < 1.29 is 28.0 Å². The van der Waals surface area contributed by atoms with E-state index in [2.05, 4.69) is 0 Å². The molecule has 1 aromatic rings. The number of nitro groups is 1. The highest BCUT2D eigenvalue weighted by atomic mass is 35.5. The number of nitrogens with zero attached hydrogens (tertiary/aromatic N) is 2. The molecule has 0 aliphatic rings. The van der Waals surface area contributed by atoms with Crippen LogP contribution >= 0.6 is 11.6 Å². The second-order valence-electron chi connectivity index (χ2n) is 3.99. The van der Waals surface area contributed by atoms with Gasteiger partial charge in [0, 0.05) is 18.7 Å². The number of aliphatic hydroxyl groups is 1. The van der Waals surface area contributed by atoms with Gasteiger partial charge >= 0.3 is 6.18 Å². The van der Waals surface area contributed by atoms with Crippen LogP contribution in [0.25, 0.3) is 0 Å². The fraction of sp³-hybridized carbons (Fsp3) is 0.364. The van der Waals surface area contributed by atoms with Gasteiger partial charge in [0.2, 0.25) is 0 Å². The van der Waals surface area contributed by atoms with Crippen LogP contribution in [0.4, 0.5) is 18.9 Å². The zero-order chi connectivity index (χ0) is 16.2. The SMILES string of the molecule is O=C(c1cc([N+](=O)[O-])ccc1Cl)N(CCO)CC(F)(F)F. The minimum absolute atomic E-state index is 0.212. The average Bonchev–Trinajstić information content (AvgIpc) is 2.36. The van der Waals surface area contributed by atoms with Gasteiger partial charge in [-0.15, -0.1) is 0 Å². The second kappa shape index (κ2) is 6.72. The summed E-state index contributed by atoms with van der Waals surface area (Å²) in [6.45, 7) is -2.85. The molecule has 0 radical (unpaired) electrons. The van der Waals surface area contributed by atoms with E-state index in [1.54, 1.807) is 0 Å². The van der Waals surface area contributed by atoms with Crippen LogP contribution in [-0.4, -0.2) is 46.7 Å². The molecule has 0 fully saturated rings. The third-order valence-corrected chi connectivity index (χ3v) is 2.75. The maximum absolute atomic E-state index is 12.4. The van der Waals surface area contributed by atoms with Crippen molar-refractivity contribution >= 4 is 23.2 Å². The molecule has 0 aromatic heterocycles. The topological polar surface area (TPSA) is 83.7 Å². The number of alkyl halides is 3. The Labute approximate surface area is 121 Å². The fourth-order valence-corrected chi connectivity index (χ4v) is 1.75. The van der Waals surface area contributed by atoms with Crippen molar-refractivity contribution in [3.05, 3.63) is 38.9 Å². The molecular weight excluding hydrogens is 317 g/mol. The molecule has 0 unspecified atom stereocenters. The number of non-ortho nitro benzene ring substituents is 1. The van der Waals surface area contributed by atoms with Gasteiger partial charge in [0.05, 0.1) is 22.1 Å². The Morgan fingerprint density at radius 1 is 1.43 bits per heavy atom. The lowest BCUT2D eigenvalue weighted by atomic mass is 10.1. The number of nitro benzene ring substituents is 1. The largest absolute Gasteiger partial charge is 0.406 e. The third kappa shape index (κ3) is 4.87. The van der Waals surface area contributed by atoms with Gasteiger partial charge in [-0.05, 0) is 6.07 Å².